The number of hydrogen-bond acceptors (Lipinski definition) is 2. The molecule has 1 amide bonds. The molecule has 4 aliphatic rings. The molecule has 0 aromatic carbocycles. The fourth-order valence-corrected chi connectivity index (χ4v) is 5.27. The molecular formula is C18H31NO2. The number of amides is 1. The van der Waals surface area contributed by atoms with E-state index in [1.54, 1.807) is 0 Å². The maximum absolute atomic E-state index is 12.7. The van der Waals surface area contributed by atoms with E-state index in [1.165, 1.54) is 19.3 Å². The Kier molecular flexibility index (Phi) is 4.58. The van der Waals surface area contributed by atoms with E-state index in [-0.39, 0.29) is 5.41 Å². The molecule has 1 N–H and O–H groups in total. The zero-order valence-electron chi connectivity index (χ0n) is 13.7. The fraction of sp³-hybridized carbons (Fsp3) is 0.944. The third-order valence-electron chi connectivity index (χ3n) is 5.72. The lowest BCUT2D eigenvalue weighted by Gasteiger charge is -2.55. The quantitative estimate of drug-likeness (QED) is 0.731. The maximum atomic E-state index is 12.7. The van der Waals surface area contributed by atoms with E-state index in [0.29, 0.717) is 11.8 Å². The van der Waals surface area contributed by atoms with Gasteiger partial charge in [-0.3, -0.25) is 4.79 Å². The molecule has 0 aliphatic heterocycles. The second-order valence-electron chi connectivity index (χ2n) is 8.28. The summed E-state index contributed by atoms with van der Waals surface area (Å²) in [6, 6.07) is 0. The van der Waals surface area contributed by atoms with Crippen LogP contribution in [0.15, 0.2) is 0 Å². The van der Waals surface area contributed by atoms with Crippen molar-refractivity contribution in [2.75, 3.05) is 19.8 Å². The van der Waals surface area contributed by atoms with Gasteiger partial charge in [0, 0.05) is 25.2 Å². The summed E-state index contributed by atoms with van der Waals surface area (Å²) in [5.74, 6) is 3.47. The minimum atomic E-state index is 0.00748. The summed E-state index contributed by atoms with van der Waals surface area (Å²) in [6.07, 6.45) is 8.61. The molecule has 120 valence electrons. The lowest BCUT2D eigenvalue weighted by molar-refractivity contribution is -0.146. The minimum Gasteiger partial charge on any atom is -0.381 e. The van der Waals surface area contributed by atoms with E-state index >= 15 is 0 Å². The fourth-order valence-electron chi connectivity index (χ4n) is 5.27. The van der Waals surface area contributed by atoms with E-state index in [4.69, 9.17) is 4.74 Å². The molecule has 4 saturated carbocycles. The second-order valence-corrected chi connectivity index (χ2v) is 8.28. The minimum absolute atomic E-state index is 0.00748. The first-order valence-corrected chi connectivity index (χ1v) is 8.93. The Bertz CT molecular complexity index is 342. The topological polar surface area (TPSA) is 38.3 Å². The highest BCUT2D eigenvalue weighted by Crippen LogP contribution is 2.60. The molecule has 4 rings (SSSR count). The van der Waals surface area contributed by atoms with Crippen molar-refractivity contribution in [3.63, 3.8) is 0 Å². The van der Waals surface area contributed by atoms with E-state index in [2.05, 4.69) is 19.2 Å². The average molecular weight is 293 g/mol. The predicted octanol–water partition coefficient (Wildman–Crippen LogP) is 3.38. The van der Waals surface area contributed by atoms with Crippen LogP contribution in [0, 0.1) is 29.1 Å². The van der Waals surface area contributed by atoms with Crippen molar-refractivity contribution >= 4 is 5.91 Å². The number of carbonyl (C=O) groups excluding carboxylic acids is 1. The van der Waals surface area contributed by atoms with Crippen LogP contribution in [0.2, 0.25) is 0 Å². The normalized spacial score (nSPS) is 37.2. The van der Waals surface area contributed by atoms with Crippen LogP contribution < -0.4 is 5.32 Å². The molecule has 3 nitrogen and oxygen atoms in total. The van der Waals surface area contributed by atoms with Gasteiger partial charge < -0.3 is 10.1 Å². The van der Waals surface area contributed by atoms with Crippen LogP contribution in [0.4, 0.5) is 0 Å². The van der Waals surface area contributed by atoms with Crippen LogP contribution >= 0.6 is 0 Å². The summed E-state index contributed by atoms with van der Waals surface area (Å²) < 4.78 is 5.57. The Morgan fingerprint density at radius 1 is 1.14 bits per heavy atom. The van der Waals surface area contributed by atoms with Gasteiger partial charge in [-0.05, 0) is 68.6 Å². The van der Waals surface area contributed by atoms with Crippen molar-refractivity contribution in [2.24, 2.45) is 29.1 Å². The van der Waals surface area contributed by atoms with Crippen molar-refractivity contribution in [1.82, 2.24) is 5.32 Å². The van der Waals surface area contributed by atoms with Crippen LogP contribution in [-0.2, 0) is 9.53 Å². The second kappa shape index (κ2) is 6.28. The zero-order chi connectivity index (χ0) is 14.9. The van der Waals surface area contributed by atoms with E-state index in [1.807, 2.05) is 0 Å². The molecule has 4 aliphatic carbocycles. The monoisotopic (exact) mass is 293 g/mol. The summed E-state index contributed by atoms with van der Waals surface area (Å²) >= 11 is 0. The molecule has 4 fully saturated rings. The predicted molar refractivity (Wildman–Crippen MR) is 83.9 cm³/mol. The average Bonchev–Trinajstić information content (AvgIpc) is 2.40. The van der Waals surface area contributed by atoms with Gasteiger partial charge in [0.2, 0.25) is 5.91 Å². The first-order chi connectivity index (χ1) is 10.1. The van der Waals surface area contributed by atoms with Crippen molar-refractivity contribution in [2.45, 2.75) is 58.8 Å². The zero-order valence-corrected chi connectivity index (χ0v) is 13.7. The molecule has 0 atom stereocenters. The van der Waals surface area contributed by atoms with Gasteiger partial charge in [-0.2, -0.15) is 0 Å². The van der Waals surface area contributed by atoms with E-state index < -0.39 is 0 Å². The molecule has 3 heteroatoms. The number of ether oxygens (including phenoxy) is 1. The highest BCUT2D eigenvalue weighted by atomic mass is 16.5. The first-order valence-electron chi connectivity index (χ1n) is 8.93. The molecule has 21 heavy (non-hydrogen) atoms. The van der Waals surface area contributed by atoms with Crippen molar-refractivity contribution in [3.8, 4) is 0 Å². The molecule has 0 aromatic heterocycles. The highest BCUT2D eigenvalue weighted by molar-refractivity contribution is 5.83. The summed E-state index contributed by atoms with van der Waals surface area (Å²) in [5.41, 5.74) is 0.00748. The van der Waals surface area contributed by atoms with Crippen LogP contribution in [0.5, 0.6) is 0 Å². The van der Waals surface area contributed by atoms with Crippen LogP contribution in [-0.4, -0.2) is 25.7 Å². The van der Waals surface area contributed by atoms with E-state index in [0.717, 1.165) is 63.2 Å². The summed E-state index contributed by atoms with van der Waals surface area (Å²) in [7, 11) is 0. The summed E-state index contributed by atoms with van der Waals surface area (Å²) in [6.45, 7) is 6.69. The molecule has 0 saturated heterocycles. The highest BCUT2D eigenvalue weighted by Gasteiger charge is 2.54. The Balaban J connectivity index is 1.41. The van der Waals surface area contributed by atoms with Gasteiger partial charge in [0.25, 0.3) is 0 Å². The Morgan fingerprint density at radius 2 is 1.71 bits per heavy atom. The van der Waals surface area contributed by atoms with Gasteiger partial charge in [-0.25, -0.2) is 0 Å². The molecule has 0 radical (unpaired) electrons. The van der Waals surface area contributed by atoms with E-state index in [9.17, 15) is 4.79 Å². The van der Waals surface area contributed by atoms with Gasteiger partial charge in [-0.1, -0.05) is 13.8 Å². The standard InChI is InChI=1S/C18H31NO2/c1-13(2)12-21-5-3-4-19-17(20)18-9-14-6-15(10-18)8-16(7-14)11-18/h13-16H,3-12H2,1-2H3,(H,19,20). The lowest BCUT2D eigenvalue weighted by atomic mass is 9.49. The first kappa shape index (κ1) is 15.3. The molecule has 0 spiro atoms. The number of carbonyl (C=O) groups is 1. The van der Waals surface area contributed by atoms with Gasteiger partial charge in [0.1, 0.15) is 0 Å². The smallest absolute Gasteiger partial charge is 0.226 e. The Hall–Kier alpha value is -0.570. The van der Waals surface area contributed by atoms with Crippen molar-refractivity contribution in [1.29, 1.82) is 0 Å². The molecular weight excluding hydrogens is 262 g/mol. The number of hydrogen-bond donors (Lipinski definition) is 1. The Labute approximate surface area is 129 Å². The van der Waals surface area contributed by atoms with Crippen molar-refractivity contribution in [3.05, 3.63) is 0 Å². The van der Waals surface area contributed by atoms with Crippen LogP contribution in [0.25, 0.3) is 0 Å². The van der Waals surface area contributed by atoms with Gasteiger partial charge in [0.15, 0.2) is 0 Å². The number of nitrogens with one attached hydrogen (secondary N) is 1. The van der Waals surface area contributed by atoms with Crippen LogP contribution in [0.1, 0.15) is 58.8 Å². The van der Waals surface area contributed by atoms with Crippen molar-refractivity contribution < 1.29 is 9.53 Å². The van der Waals surface area contributed by atoms with Gasteiger partial charge in [-0.15, -0.1) is 0 Å². The third-order valence-corrected chi connectivity index (χ3v) is 5.72. The number of rotatable bonds is 7. The molecule has 0 unspecified atom stereocenters. The van der Waals surface area contributed by atoms with Gasteiger partial charge >= 0.3 is 0 Å². The molecule has 0 aromatic rings. The largest absolute Gasteiger partial charge is 0.381 e. The Morgan fingerprint density at radius 3 is 2.24 bits per heavy atom. The molecule has 4 bridgehead atoms. The lowest BCUT2D eigenvalue weighted by Crippen LogP contribution is -2.53. The maximum Gasteiger partial charge on any atom is 0.226 e. The third kappa shape index (κ3) is 3.44. The molecule has 0 heterocycles. The summed E-state index contributed by atoms with van der Waals surface area (Å²) in [4.78, 5) is 12.7. The van der Waals surface area contributed by atoms with Crippen LogP contribution in [0.3, 0.4) is 0 Å². The SMILES string of the molecule is CC(C)COCCCNC(=O)C12CC3CC(CC(C3)C1)C2. The summed E-state index contributed by atoms with van der Waals surface area (Å²) in [5, 5.41) is 3.21. The van der Waals surface area contributed by atoms with Gasteiger partial charge in [0.05, 0.1) is 0 Å².